The first-order valence-corrected chi connectivity index (χ1v) is 8.77. The minimum Gasteiger partial charge on any atom is -0.389 e. The van der Waals surface area contributed by atoms with Crippen LogP contribution in [0.25, 0.3) is 0 Å². The van der Waals surface area contributed by atoms with Crippen molar-refractivity contribution in [1.29, 1.82) is 0 Å². The second-order valence-corrected chi connectivity index (χ2v) is 6.65. The smallest absolute Gasteiger partial charge is 0.0728 e. The molecule has 2 aromatic rings. The van der Waals surface area contributed by atoms with Gasteiger partial charge in [-0.05, 0) is 30.9 Å². The summed E-state index contributed by atoms with van der Waals surface area (Å²) in [5.74, 6) is 0. The molecule has 0 aromatic heterocycles. The van der Waals surface area contributed by atoms with Gasteiger partial charge in [-0.3, -0.25) is 0 Å². The van der Waals surface area contributed by atoms with Gasteiger partial charge in [-0.15, -0.1) is 0 Å². The highest BCUT2D eigenvalue weighted by Crippen LogP contribution is 2.25. The number of hydrogen-bond acceptors (Lipinski definition) is 2. The monoisotopic (exact) mass is 325 g/mol. The first-order chi connectivity index (χ1) is 11.6. The van der Waals surface area contributed by atoms with Gasteiger partial charge in [-0.2, -0.15) is 0 Å². The quantitative estimate of drug-likeness (QED) is 0.646. The Labute approximate surface area is 146 Å². The van der Waals surface area contributed by atoms with Gasteiger partial charge in [0.15, 0.2) is 0 Å². The molecular formula is C22H29O2. The van der Waals surface area contributed by atoms with Crippen molar-refractivity contribution in [3.05, 3.63) is 78.7 Å². The molecule has 2 aromatic carbocycles. The van der Waals surface area contributed by atoms with Gasteiger partial charge < -0.3 is 9.84 Å². The standard InChI is InChI=1S/C22H29O2/c1-19(24-2)11-9-10-16-22(23,17-20-12-5-3-6-13-20)18-21-14-7-4-8-15-21/h3-8,12-15,19,23H,1,9-11,16-18H2,2H3. The van der Waals surface area contributed by atoms with Crippen LogP contribution in [0.5, 0.6) is 0 Å². The Balaban J connectivity index is 2.00. The molecule has 0 saturated carbocycles. The summed E-state index contributed by atoms with van der Waals surface area (Å²) in [5, 5.41) is 11.3. The number of benzene rings is 2. The van der Waals surface area contributed by atoms with Crippen molar-refractivity contribution < 1.29 is 9.84 Å². The first-order valence-electron chi connectivity index (χ1n) is 8.77. The number of methoxy groups -OCH3 is 1. The summed E-state index contributed by atoms with van der Waals surface area (Å²) in [6, 6.07) is 20.5. The predicted molar refractivity (Wildman–Crippen MR) is 99.9 cm³/mol. The van der Waals surface area contributed by atoms with Crippen LogP contribution in [-0.2, 0) is 17.6 Å². The summed E-state index contributed by atoms with van der Waals surface area (Å²) in [7, 11) is 1.69. The van der Waals surface area contributed by atoms with Gasteiger partial charge >= 0.3 is 0 Å². The predicted octanol–water partition coefficient (Wildman–Crippen LogP) is 4.61. The lowest BCUT2D eigenvalue weighted by molar-refractivity contribution is 0.0281. The van der Waals surface area contributed by atoms with Crippen LogP contribution in [0.1, 0.15) is 36.8 Å². The molecule has 129 valence electrons. The summed E-state index contributed by atoms with van der Waals surface area (Å²) in [4.78, 5) is 0. The van der Waals surface area contributed by atoms with Crippen molar-refractivity contribution in [2.24, 2.45) is 0 Å². The van der Waals surface area contributed by atoms with Gasteiger partial charge in [0.1, 0.15) is 0 Å². The zero-order valence-corrected chi connectivity index (χ0v) is 14.7. The Morgan fingerprint density at radius 2 is 1.42 bits per heavy atom. The van der Waals surface area contributed by atoms with E-state index in [2.05, 4.69) is 31.2 Å². The molecule has 0 spiro atoms. The third kappa shape index (κ3) is 6.46. The lowest BCUT2D eigenvalue weighted by Crippen LogP contribution is -2.34. The molecule has 0 fully saturated rings. The number of hydrogen-bond donors (Lipinski definition) is 1. The Bertz CT molecular complexity index is 524. The Hall–Kier alpha value is -1.64. The summed E-state index contributed by atoms with van der Waals surface area (Å²) < 4.78 is 5.20. The zero-order chi connectivity index (χ0) is 17.3. The molecule has 0 amide bonds. The van der Waals surface area contributed by atoms with Gasteiger partial charge in [0.2, 0.25) is 0 Å². The average Bonchev–Trinajstić information content (AvgIpc) is 2.60. The van der Waals surface area contributed by atoms with Gasteiger partial charge in [0, 0.05) is 20.0 Å². The summed E-state index contributed by atoms with van der Waals surface area (Å²) in [5.41, 5.74) is 1.65. The summed E-state index contributed by atoms with van der Waals surface area (Å²) >= 11 is 0. The van der Waals surface area contributed by atoms with E-state index >= 15 is 0 Å². The van der Waals surface area contributed by atoms with Crippen molar-refractivity contribution in [2.75, 3.05) is 7.11 Å². The third-order valence-corrected chi connectivity index (χ3v) is 4.50. The highest BCUT2D eigenvalue weighted by atomic mass is 16.5. The van der Waals surface area contributed by atoms with Crippen molar-refractivity contribution >= 4 is 0 Å². The molecule has 2 rings (SSSR count). The topological polar surface area (TPSA) is 29.5 Å². The molecule has 0 heterocycles. The van der Waals surface area contributed by atoms with Crippen LogP contribution < -0.4 is 0 Å². The Kier molecular flexibility index (Phi) is 7.48. The molecule has 1 atom stereocenters. The van der Waals surface area contributed by atoms with E-state index in [4.69, 9.17) is 4.74 Å². The molecule has 2 heteroatoms. The normalized spacial score (nSPS) is 13.0. The maximum Gasteiger partial charge on any atom is 0.0728 e. The highest BCUT2D eigenvalue weighted by Gasteiger charge is 2.27. The van der Waals surface area contributed by atoms with Crippen LogP contribution >= 0.6 is 0 Å². The molecule has 2 nitrogen and oxygen atoms in total. The average molecular weight is 325 g/mol. The van der Waals surface area contributed by atoms with Crippen LogP contribution in [0.15, 0.2) is 60.7 Å². The van der Waals surface area contributed by atoms with Crippen LogP contribution in [0.3, 0.4) is 0 Å². The van der Waals surface area contributed by atoms with E-state index in [1.54, 1.807) is 7.11 Å². The molecule has 1 N–H and O–H groups in total. The Morgan fingerprint density at radius 3 is 1.88 bits per heavy atom. The van der Waals surface area contributed by atoms with Crippen LogP contribution in [0.4, 0.5) is 0 Å². The molecular weight excluding hydrogens is 296 g/mol. The minimum absolute atomic E-state index is 0.0429. The van der Waals surface area contributed by atoms with E-state index in [1.165, 1.54) is 11.1 Å². The lowest BCUT2D eigenvalue weighted by Gasteiger charge is -2.29. The van der Waals surface area contributed by atoms with E-state index in [-0.39, 0.29) is 6.10 Å². The molecule has 1 unspecified atom stereocenters. The lowest BCUT2D eigenvalue weighted by atomic mass is 9.83. The molecule has 0 aliphatic heterocycles. The second kappa shape index (κ2) is 9.61. The number of aliphatic hydroxyl groups is 1. The van der Waals surface area contributed by atoms with Crippen molar-refractivity contribution in [3.63, 3.8) is 0 Å². The maximum absolute atomic E-state index is 11.3. The fraction of sp³-hybridized carbons (Fsp3) is 0.409. The van der Waals surface area contributed by atoms with E-state index < -0.39 is 5.60 Å². The number of rotatable bonds is 10. The van der Waals surface area contributed by atoms with E-state index in [9.17, 15) is 5.11 Å². The van der Waals surface area contributed by atoms with E-state index in [1.807, 2.05) is 36.4 Å². The third-order valence-electron chi connectivity index (χ3n) is 4.50. The van der Waals surface area contributed by atoms with Crippen molar-refractivity contribution in [3.8, 4) is 0 Å². The summed E-state index contributed by atoms with van der Waals surface area (Å²) in [6.45, 7) is 3.94. The van der Waals surface area contributed by atoms with Gasteiger partial charge in [-0.1, -0.05) is 73.5 Å². The number of unbranched alkanes of at least 4 members (excludes halogenated alkanes) is 1. The molecule has 0 aliphatic carbocycles. The van der Waals surface area contributed by atoms with Gasteiger partial charge in [0.05, 0.1) is 11.7 Å². The minimum atomic E-state index is -0.716. The number of ether oxygens (including phenoxy) is 1. The molecule has 24 heavy (non-hydrogen) atoms. The fourth-order valence-corrected chi connectivity index (χ4v) is 3.13. The van der Waals surface area contributed by atoms with Crippen molar-refractivity contribution in [2.45, 2.75) is 50.2 Å². The second-order valence-electron chi connectivity index (χ2n) is 6.65. The maximum atomic E-state index is 11.3. The van der Waals surface area contributed by atoms with Gasteiger partial charge in [0.25, 0.3) is 0 Å². The van der Waals surface area contributed by atoms with Crippen molar-refractivity contribution in [1.82, 2.24) is 0 Å². The molecule has 1 radical (unpaired) electrons. The SMILES string of the molecule is [CH2]C(CCCCC(O)(Cc1ccccc1)Cc1ccccc1)OC. The molecule has 0 bridgehead atoms. The largest absolute Gasteiger partial charge is 0.389 e. The van der Waals surface area contributed by atoms with E-state index in [0.717, 1.165) is 25.7 Å². The van der Waals surface area contributed by atoms with E-state index in [0.29, 0.717) is 12.8 Å². The zero-order valence-electron chi connectivity index (χ0n) is 14.7. The van der Waals surface area contributed by atoms with Crippen LogP contribution in [0.2, 0.25) is 0 Å². The fourth-order valence-electron chi connectivity index (χ4n) is 3.13. The molecule has 0 aliphatic rings. The highest BCUT2D eigenvalue weighted by molar-refractivity contribution is 5.21. The Morgan fingerprint density at radius 1 is 0.917 bits per heavy atom. The summed E-state index contributed by atoms with van der Waals surface area (Å²) in [6.07, 6.45) is 5.12. The molecule has 0 saturated heterocycles. The van der Waals surface area contributed by atoms with Gasteiger partial charge in [-0.25, -0.2) is 0 Å². The van der Waals surface area contributed by atoms with Crippen LogP contribution in [0, 0.1) is 6.92 Å². The first kappa shape index (κ1) is 18.7. The van der Waals surface area contributed by atoms with Crippen LogP contribution in [-0.4, -0.2) is 23.9 Å².